The molecule has 68 valence electrons. The van der Waals surface area contributed by atoms with Gasteiger partial charge in [0.25, 0.3) is 0 Å². The zero-order valence-electron chi connectivity index (χ0n) is 7.45. The van der Waals surface area contributed by atoms with Crippen LogP contribution in [0.1, 0.15) is 24.0 Å². The number of hydrogen-bond donors (Lipinski definition) is 0. The summed E-state index contributed by atoms with van der Waals surface area (Å²) in [5.74, 6) is -0.378. The van der Waals surface area contributed by atoms with Crippen molar-refractivity contribution in [3.63, 3.8) is 0 Å². The van der Waals surface area contributed by atoms with Crippen LogP contribution in [-0.2, 0) is 21.9 Å². The fourth-order valence-electron chi connectivity index (χ4n) is 2.23. The standard InChI is InChI=1S/C11H12O2/c1-2-5-10-9(4-1)8-13-11(10)6-3-7-12-11/h1-2,4-5H,3,6-8H2. The Morgan fingerprint density at radius 1 is 1.15 bits per heavy atom. The van der Waals surface area contributed by atoms with Crippen molar-refractivity contribution in [1.29, 1.82) is 0 Å². The third-order valence-corrected chi connectivity index (χ3v) is 2.87. The number of fused-ring (bicyclic) bond motifs is 2. The Balaban J connectivity index is 2.11. The lowest BCUT2D eigenvalue weighted by atomic mass is 10.0. The van der Waals surface area contributed by atoms with Crippen LogP contribution in [0.5, 0.6) is 0 Å². The largest absolute Gasteiger partial charge is 0.346 e. The van der Waals surface area contributed by atoms with Gasteiger partial charge in [-0.05, 0) is 12.0 Å². The van der Waals surface area contributed by atoms with Crippen molar-refractivity contribution >= 4 is 0 Å². The van der Waals surface area contributed by atoms with E-state index in [1.54, 1.807) is 0 Å². The molecule has 2 nitrogen and oxygen atoms in total. The number of hydrogen-bond acceptors (Lipinski definition) is 2. The van der Waals surface area contributed by atoms with Crippen molar-refractivity contribution in [1.82, 2.24) is 0 Å². The molecule has 2 heterocycles. The van der Waals surface area contributed by atoms with Gasteiger partial charge in [-0.2, -0.15) is 0 Å². The highest BCUT2D eigenvalue weighted by atomic mass is 16.7. The Labute approximate surface area is 77.5 Å². The zero-order valence-corrected chi connectivity index (χ0v) is 7.45. The molecule has 2 aliphatic rings. The van der Waals surface area contributed by atoms with Gasteiger partial charge >= 0.3 is 0 Å². The number of benzene rings is 1. The van der Waals surface area contributed by atoms with Gasteiger partial charge in [-0.25, -0.2) is 0 Å². The van der Waals surface area contributed by atoms with Crippen molar-refractivity contribution < 1.29 is 9.47 Å². The highest BCUT2D eigenvalue weighted by Gasteiger charge is 2.43. The predicted molar refractivity (Wildman–Crippen MR) is 48.1 cm³/mol. The first-order chi connectivity index (χ1) is 6.41. The van der Waals surface area contributed by atoms with E-state index < -0.39 is 0 Å². The van der Waals surface area contributed by atoms with Crippen LogP contribution >= 0.6 is 0 Å². The lowest BCUT2D eigenvalue weighted by molar-refractivity contribution is -0.210. The van der Waals surface area contributed by atoms with E-state index >= 15 is 0 Å². The van der Waals surface area contributed by atoms with Crippen LogP contribution in [-0.4, -0.2) is 6.61 Å². The first kappa shape index (κ1) is 7.54. The van der Waals surface area contributed by atoms with Crippen LogP contribution in [0.3, 0.4) is 0 Å². The van der Waals surface area contributed by atoms with Gasteiger partial charge in [0.15, 0.2) is 5.79 Å². The summed E-state index contributed by atoms with van der Waals surface area (Å²) in [6, 6.07) is 8.34. The molecule has 1 atom stereocenters. The minimum atomic E-state index is -0.378. The lowest BCUT2D eigenvalue weighted by Gasteiger charge is -2.22. The van der Waals surface area contributed by atoms with Crippen LogP contribution < -0.4 is 0 Å². The average molecular weight is 176 g/mol. The van der Waals surface area contributed by atoms with E-state index in [0.29, 0.717) is 6.61 Å². The quantitative estimate of drug-likeness (QED) is 0.603. The molecule has 2 aliphatic heterocycles. The molecule has 1 aromatic rings. The summed E-state index contributed by atoms with van der Waals surface area (Å²) in [5, 5.41) is 0. The second-order valence-corrected chi connectivity index (χ2v) is 3.65. The summed E-state index contributed by atoms with van der Waals surface area (Å²) in [7, 11) is 0. The highest BCUT2D eigenvalue weighted by molar-refractivity contribution is 5.34. The highest BCUT2D eigenvalue weighted by Crippen LogP contribution is 2.44. The molecule has 3 rings (SSSR count). The maximum absolute atomic E-state index is 5.75. The molecule has 13 heavy (non-hydrogen) atoms. The maximum atomic E-state index is 5.75. The molecule has 0 amide bonds. The van der Waals surface area contributed by atoms with Gasteiger partial charge in [0.2, 0.25) is 0 Å². The van der Waals surface area contributed by atoms with Crippen LogP contribution in [0.15, 0.2) is 24.3 Å². The van der Waals surface area contributed by atoms with E-state index in [4.69, 9.17) is 9.47 Å². The molecular weight excluding hydrogens is 164 g/mol. The summed E-state index contributed by atoms with van der Waals surface area (Å²) >= 11 is 0. The number of ether oxygens (including phenoxy) is 2. The van der Waals surface area contributed by atoms with E-state index in [1.165, 1.54) is 11.1 Å². The Bertz CT molecular complexity index is 327. The Morgan fingerprint density at radius 2 is 2.08 bits per heavy atom. The zero-order chi connectivity index (χ0) is 8.73. The van der Waals surface area contributed by atoms with Crippen LogP contribution in [0, 0.1) is 0 Å². The normalized spacial score (nSPS) is 31.1. The van der Waals surface area contributed by atoms with Gasteiger partial charge in [-0.1, -0.05) is 24.3 Å². The van der Waals surface area contributed by atoms with Gasteiger partial charge in [-0.15, -0.1) is 0 Å². The Hall–Kier alpha value is -0.860. The Morgan fingerprint density at radius 3 is 2.92 bits per heavy atom. The molecule has 1 spiro atoms. The predicted octanol–water partition coefficient (Wildman–Crippen LogP) is 2.18. The van der Waals surface area contributed by atoms with Crippen LogP contribution in [0.2, 0.25) is 0 Å². The van der Waals surface area contributed by atoms with E-state index in [1.807, 2.05) is 0 Å². The monoisotopic (exact) mass is 176 g/mol. The lowest BCUT2D eigenvalue weighted by Crippen LogP contribution is -2.23. The molecule has 1 aromatic carbocycles. The van der Waals surface area contributed by atoms with Crippen molar-refractivity contribution in [2.75, 3.05) is 6.61 Å². The maximum Gasteiger partial charge on any atom is 0.195 e. The van der Waals surface area contributed by atoms with Crippen molar-refractivity contribution in [2.45, 2.75) is 25.2 Å². The van der Waals surface area contributed by atoms with Crippen molar-refractivity contribution in [3.05, 3.63) is 35.4 Å². The number of rotatable bonds is 0. The molecule has 0 radical (unpaired) electrons. The summed E-state index contributed by atoms with van der Waals surface area (Å²) in [6.45, 7) is 1.53. The molecule has 0 N–H and O–H groups in total. The first-order valence-corrected chi connectivity index (χ1v) is 4.77. The van der Waals surface area contributed by atoms with Crippen molar-refractivity contribution in [2.24, 2.45) is 0 Å². The Kier molecular flexibility index (Phi) is 1.49. The molecule has 2 heteroatoms. The molecule has 1 fully saturated rings. The second-order valence-electron chi connectivity index (χ2n) is 3.65. The van der Waals surface area contributed by atoms with E-state index in [0.717, 1.165) is 19.4 Å². The van der Waals surface area contributed by atoms with Gasteiger partial charge < -0.3 is 9.47 Å². The van der Waals surface area contributed by atoms with Crippen LogP contribution in [0.4, 0.5) is 0 Å². The van der Waals surface area contributed by atoms with Gasteiger partial charge in [0.05, 0.1) is 13.2 Å². The summed E-state index contributed by atoms with van der Waals surface area (Å²) in [5.41, 5.74) is 2.52. The summed E-state index contributed by atoms with van der Waals surface area (Å²) in [4.78, 5) is 0. The molecule has 1 unspecified atom stereocenters. The molecule has 0 bridgehead atoms. The van der Waals surface area contributed by atoms with Crippen LogP contribution in [0.25, 0.3) is 0 Å². The van der Waals surface area contributed by atoms with E-state index in [2.05, 4.69) is 24.3 Å². The minimum absolute atomic E-state index is 0.378. The summed E-state index contributed by atoms with van der Waals surface area (Å²) in [6.07, 6.45) is 2.11. The smallest absolute Gasteiger partial charge is 0.195 e. The molecule has 0 saturated carbocycles. The van der Waals surface area contributed by atoms with Crippen molar-refractivity contribution in [3.8, 4) is 0 Å². The third kappa shape index (κ3) is 0.960. The molecule has 0 aromatic heterocycles. The first-order valence-electron chi connectivity index (χ1n) is 4.77. The summed E-state index contributed by atoms with van der Waals surface area (Å²) < 4.78 is 11.5. The fourth-order valence-corrected chi connectivity index (χ4v) is 2.23. The van der Waals surface area contributed by atoms with Gasteiger partial charge in [0.1, 0.15) is 0 Å². The SMILES string of the molecule is c1ccc2c(c1)COC21CCCO1. The van der Waals surface area contributed by atoms with E-state index in [9.17, 15) is 0 Å². The van der Waals surface area contributed by atoms with E-state index in [-0.39, 0.29) is 5.79 Å². The fraction of sp³-hybridized carbons (Fsp3) is 0.455. The van der Waals surface area contributed by atoms with Gasteiger partial charge in [0, 0.05) is 12.0 Å². The minimum Gasteiger partial charge on any atom is -0.346 e. The molecule has 0 aliphatic carbocycles. The third-order valence-electron chi connectivity index (χ3n) is 2.87. The topological polar surface area (TPSA) is 18.5 Å². The molecule has 1 saturated heterocycles. The second kappa shape index (κ2) is 2.56. The van der Waals surface area contributed by atoms with Gasteiger partial charge in [-0.3, -0.25) is 0 Å². The average Bonchev–Trinajstić information content (AvgIpc) is 2.78. The molecular formula is C11H12O2.